The Kier molecular flexibility index (Phi) is 7.24. The fraction of sp³-hybridized carbons (Fsp3) is 0.158. The molecule has 10 aromatic rings. The summed E-state index contributed by atoms with van der Waals surface area (Å²) in [4.78, 5) is 5.04. The molecule has 3 aliphatic rings. The molecule has 2 aliphatic heterocycles. The van der Waals surface area contributed by atoms with Crippen LogP contribution in [-0.4, -0.2) is 11.3 Å². The van der Waals surface area contributed by atoms with Gasteiger partial charge in [0.1, 0.15) is 11.2 Å². The molecule has 0 fully saturated rings. The summed E-state index contributed by atoms with van der Waals surface area (Å²) < 4.78 is 9.44. The molecule has 0 amide bonds. The second kappa shape index (κ2) is 12.5. The van der Waals surface area contributed by atoms with Crippen LogP contribution in [0.15, 0.2) is 168 Å². The number of hydrogen-bond donors (Lipinski definition) is 0. The zero-order valence-electron chi connectivity index (χ0n) is 35.8. The van der Waals surface area contributed by atoms with Gasteiger partial charge < -0.3 is 18.7 Å². The molecule has 0 N–H and O–H groups in total. The Labute approximate surface area is 362 Å². The van der Waals surface area contributed by atoms with Crippen molar-refractivity contribution < 1.29 is 4.42 Å². The molecule has 5 heteroatoms. The molecule has 0 atom stereocenters. The maximum Gasteiger partial charge on any atom is 0.333 e. The lowest BCUT2D eigenvalue weighted by atomic mass is 9.45. The first kappa shape index (κ1) is 35.7. The van der Waals surface area contributed by atoms with Gasteiger partial charge in [-0.2, -0.15) is 0 Å². The van der Waals surface area contributed by atoms with Gasteiger partial charge in [-0.15, -0.1) is 0 Å². The van der Waals surface area contributed by atoms with E-state index in [2.05, 4.69) is 213 Å². The first-order valence-corrected chi connectivity index (χ1v) is 22.2. The van der Waals surface area contributed by atoms with Gasteiger partial charge >= 0.3 is 6.85 Å². The number of nitrogens with zero attached hydrogens (tertiary/aromatic N) is 3. The van der Waals surface area contributed by atoms with Crippen LogP contribution in [0.5, 0.6) is 0 Å². The monoisotopic (exact) mass is 799 g/mol. The number of hydrogen-bond acceptors (Lipinski definition) is 3. The highest BCUT2D eigenvalue weighted by atomic mass is 16.3. The Hall–Kier alpha value is -6.98. The molecule has 4 heterocycles. The fourth-order valence-corrected chi connectivity index (χ4v) is 11.5. The Bertz CT molecular complexity index is 3460. The van der Waals surface area contributed by atoms with Gasteiger partial charge in [0.2, 0.25) is 0 Å². The standard InChI is InChI=1S/C57H46BN3O/c1-35-29-45-46(57(4,5)28-27-56(45,2)3)33-49(35)60-50-34-53-43(40-22-13-15-26-52(40)62-53)32-47(50)58-54-44(42-24-16-23-41-39-21-12-14-25-48(39)61(58)55(41)42)30-38(31-51(54)60)59(36-17-8-6-9-18-36)37-19-10-7-11-20-37/h6-26,29-34H,27-28H2,1-5H3. The van der Waals surface area contributed by atoms with Crippen molar-refractivity contribution >= 4 is 95.6 Å². The molecular weight excluding hydrogens is 753 g/mol. The number of fused-ring (bicyclic) bond motifs is 11. The third-order valence-electron chi connectivity index (χ3n) is 14.7. The molecule has 0 bridgehead atoms. The summed E-state index contributed by atoms with van der Waals surface area (Å²) in [6.07, 6.45) is 2.32. The maximum atomic E-state index is 6.78. The lowest BCUT2D eigenvalue weighted by Crippen LogP contribution is -2.56. The number of furan rings is 1. The van der Waals surface area contributed by atoms with Gasteiger partial charge in [-0.25, -0.2) is 0 Å². The number of anilines is 6. The number of aryl methyl sites for hydroxylation is 1. The van der Waals surface area contributed by atoms with E-state index in [-0.39, 0.29) is 17.7 Å². The molecule has 0 radical (unpaired) electrons. The van der Waals surface area contributed by atoms with Crippen molar-refractivity contribution in [1.29, 1.82) is 0 Å². The van der Waals surface area contributed by atoms with Crippen LogP contribution in [0.1, 0.15) is 57.2 Å². The van der Waals surface area contributed by atoms with Crippen molar-refractivity contribution in [2.24, 2.45) is 0 Å². The highest BCUT2D eigenvalue weighted by Crippen LogP contribution is 2.53. The summed E-state index contributed by atoms with van der Waals surface area (Å²) in [5.41, 5.74) is 20.7. The molecule has 1 aliphatic carbocycles. The van der Waals surface area contributed by atoms with Crippen LogP contribution in [0, 0.1) is 6.92 Å². The molecule has 298 valence electrons. The molecule has 13 rings (SSSR count). The lowest BCUT2D eigenvalue weighted by molar-refractivity contribution is 0.332. The zero-order chi connectivity index (χ0) is 41.6. The van der Waals surface area contributed by atoms with E-state index < -0.39 is 0 Å². The predicted octanol–water partition coefficient (Wildman–Crippen LogP) is 14.2. The van der Waals surface area contributed by atoms with Crippen molar-refractivity contribution in [3.05, 3.63) is 180 Å². The minimum Gasteiger partial charge on any atom is -0.456 e. The van der Waals surface area contributed by atoms with E-state index in [1.54, 1.807) is 0 Å². The molecule has 0 saturated carbocycles. The van der Waals surface area contributed by atoms with Gasteiger partial charge in [0.25, 0.3) is 0 Å². The van der Waals surface area contributed by atoms with E-state index in [0.717, 1.165) is 51.1 Å². The number of rotatable bonds is 4. The Morgan fingerprint density at radius 3 is 1.90 bits per heavy atom. The summed E-state index contributed by atoms with van der Waals surface area (Å²) >= 11 is 0. The summed E-state index contributed by atoms with van der Waals surface area (Å²) in [7, 11) is 0. The van der Waals surface area contributed by atoms with Gasteiger partial charge in [-0.05, 0) is 118 Å². The minimum absolute atomic E-state index is 0.0322. The molecule has 62 heavy (non-hydrogen) atoms. The van der Waals surface area contributed by atoms with E-state index in [0.29, 0.717) is 0 Å². The lowest BCUT2D eigenvalue weighted by Gasteiger charge is -2.45. The van der Waals surface area contributed by atoms with Gasteiger partial charge in [0, 0.05) is 78.3 Å². The van der Waals surface area contributed by atoms with Crippen molar-refractivity contribution in [2.45, 2.75) is 58.3 Å². The van der Waals surface area contributed by atoms with Crippen LogP contribution in [0.2, 0.25) is 0 Å². The van der Waals surface area contributed by atoms with E-state index in [9.17, 15) is 0 Å². The SMILES string of the molecule is Cc1cc2c(cc1N1c3cc4oc5ccccc5c4cc3B3c4c(cc(N(c5ccccc5)c5ccccc5)cc41)-c1cccc4c5ccccc5n3c14)C(C)(C)CCC2(C)C. The van der Waals surface area contributed by atoms with E-state index in [1.807, 2.05) is 0 Å². The summed E-state index contributed by atoms with van der Waals surface area (Å²) in [5, 5.41) is 4.86. The van der Waals surface area contributed by atoms with Crippen LogP contribution in [0.25, 0.3) is 54.9 Å². The van der Waals surface area contributed by atoms with Crippen LogP contribution >= 0.6 is 0 Å². The van der Waals surface area contributed by atoms with Crippen molar-refractivity contribution in [3.63, 3.8) is 0 Å². The average Bonchev–Trinajstić information content (AvgIpc) is 3.83. The molecule has 0 spiro atoms. The maximum absolute atomic E-state index is 6.78. The Morgan fingerprint density at radius 2 is 1.16 bits per heavy atom. The van der Waals surface area contributed by atoms with Crippen molar-refractivity contribution in [1.82, 2.24) is 4.48 Å². The van der Waals surface area contributed by atoms with E-state index in [1.165, 1.54) is 78.3 Å². The molecule has 0 saturated heterocycles. The fourth-order valence-electron chi connectivity index (χ4n) is 11.5. The van der Waals surface area contributed by atoms with Gasteiger partial charge in [0.15, 0.2) is 0 Å². The molecule has 2 aromatic heterocycles. The topological polar surface area (TPSA) is 24.6 Å². The van der Waals surface area contributed by atoms with Crippen LogP contribution in [0.3, 0.4) is 0 Å². The highest BCUT2D eigenvalue weighted by molar-refractivity contribution is 6.90. The Morgan fingerprint density at radius 1 is 0.516 bits per heavy atom. The largest absolute Gasteiger partial charge is 0.456 e. The number of benzene rings is 8. The van der Waals surface area contributed by atoms with Gasteiger partial charge in [0.05, 0.1) is 0 Å². The van der Waals surface area contributed by atoms with Crippen LogP contribution in [-0.2, 0) is 10.8 Å². The van der Waals surface area contributed by atoms with Crippen LogP contribution < -0.4 is 20.7 Å². The summed E-state index contributed by atoms with van der Waals surface area (Å²) in [6, 6.07) is 61.0. The minimum atomic E-state index is -0.0918. The molecule has 4 nitrogen and oxygen atoms in total. The molecule has 0 unspecified atom stereocenters. The van der Waals surface area contributed by atoms with E-state index >= 15 is 0 Å². The molecular formula is C57H46BN3O. The Balaban J connectivity index is 1.21. The molecule has 8 aromatic carbocycles. The number of para-hydroxylation sites is 5. The third kappa shape index (κ3) is 4.85. The van der Waals surface area contributed by atoms with E-state index in [4.69, 9.17) is 4.42 Å². The zero-order valence-corrected chi connectivity index (χ0v) is 35.8. The normalized spacial score (nSPS) is 15.6. The number of aromatic nitrogens is 1. The highest BCUT2D eigenvalue weighted by Gasteiger charge is 2.45. The van der Waals surface area contributed by atoms with Gasteiger partial charge in [-0.3, -0.25) is 0 Å². The smallest absolute Gasteiger partial charge is 0.333 e. The quantitative estimate of drug-likeness (QED) is 0.166. The van der Waals surface area contributed by atoms with Gasteiger partial charge in [-0.1, -0.05) is 131 Å². The summed E-state index contributed by atoms with van der Waals surface area (Å²) in [6.45, 7) is 12.0. The first-order chi connectivity index (χ1) is 30.2. The average molecular weight is 800 g/mol. The second-order valence-corrected chi connectivity index (χ2v) is 19.2. The third-order valence-corrected chi connectivity index (χ3v) is 14.7. The van der Waals surface area contributed by atoms with Crippen molar-refractivity contribution in [3.8, 4) is 11.1 Å². The predicted molar refractivity (Wildman–Crippen MR) is 262 cm³/mol. The van der Waals surface area contributed by atoms with Crippen molar-refractivity contribution in [2.75, 3.05) is 9.80 Å². The summed E-state index contributed by atoms with van der Waals surface area (Å²) in [5.74, 6) is 0. The first-order valence-electron chi connectivity index (χ1n) is 22.2. The second-order valence-electron chi connectivity index (χ2n) is 19.2. The van der Waals surface area contributed by atoms with Crippen LogP contribution in [0.4, 0.5) is 34.1 Å².